The highest BCUT2D eigenvalue weighted by Gasteiger charge is 2.29. The summed E-state index contributed by atoms with van der Waals surface area (Å²) in [6, 6.07) is 48.6. The van der Waals surface area contributed by atoms with Gasteiger partial charge in [-0.1, -0.05) is 133 Å². The number of carbonyl (C=O) groups is 2. The molecule has 0 spiro atoms. The van der Waals surface area contributed by atoms with E-state index >= 15 is 0 Å². The first kappa shape index (κ1) is 31.8. The van der Waals surface area contributed by atoms with E-state index in [0.717, 1.165) is 22.3 Å². The lowest BCUT2D eigenvalue weighted by Gasteiger charge is -2.19. The molecule has 6 aromatic rings. The Kier molecular flexibility index (Phi) is 10.6. The van der Waals surface area contributed by atoms with Crippen LogP contribution in [0.5, 0.6) is 17.2 Å². The molecule has 0 N–H and O–H groups in total. The first-order valence-electron chi connectivity index (χ1n) is 15.7. The summed E-state index contributed by atoms with van der Waals surface area (Å²) in [5, 5.41) is 0. The molecule has 0 aliphatic rings. The molecule has 0 aromatic heterocycles. The van der Waals surface area contributed by atoms with Crippen molar-refractivity contribution in [3.63, 3.8) is 0 Å². The van der Waals surface area contributed by atoms with Gasteiger partial charge in [-0.15, -0.1) is 0 Å². The monoisotopic (exact) mass is 634 g/mol. The average Bonchev–Trinajstić information content (AvgIpc) is 3.15. The first-order chi connectivity index (χ1) is 23.7. The Morgan fingerprint density at radius 1 is 0.375 bits per heavy atom. The Hall–Kier alpha value is -6.14. The normalized spacial score (nSPS) is 10.6. The van der Waals surface area contributed by atoms with Crippen LogP contribution in [0.2, 0.25) is 0 Å². The lowest BCUT2D eigenvalue weighted by atomic mass is 9.95. The van der Waals surface area contributed by atoms with E-state index in [2.05, 4.69) is 0 Å². The molecule has 0 aliphatic carbocycles. The largest absolute Gasteiger partial charge is 0.488 e. The van der Waals surface area contributed by atoms with E-state index in [9.17, 15) is 9.59 Å². The van der Waals surface area contributed by atoms with E-state index < -0.39 is 11.8 Å². The highest BCUT2D eigenvalue weighted by molar-refractivity contribution is 6.18. The van der Waals surface area contributed by atoms with E-state index in [-0.39, 0.29) is 48.9 Å². The van der Waals surface area contributed by atoms with Crippen LogP contribution in [0.25, 0.3) is 0 Å². The summed E-state index contributed by atoms with van der Waals surface area (Å²) in [7, 11) is 0. The topological polar surface area (TPSA) is 71.1 Å². The van der Waals surface area contributed by atoms with Crippen LogP contribution in [-0.2, 0) is 31.2 Å². The molecule has 0 saturated carbocycles. The Morgan fingerprint density at radius 2 is 0.729 bits per heavy atom. The van der Waals surface area contributed by atoms with Gasteiger partial charge in [0.05, 0.1) is 11.1 Å². The molecule has 6 aromatic carbocycles. The van der Waals surface area contributed by atoms with Crippen LogP contribution in [0, 0.1) is 0 Å². The fourth-order valence-electron chi connectivity index (χ4n) is 5.16. The van der Waals surface area contributed by atoms with Crippen molar-refractivity contribution in [2.45, 2.75) is 26.4 Å². The van der Waals surface area contributed by atoms with Crippen molar-refractivity contribution >= 4 is 11.8 Å². The zero-order valence-corrected chi connectivity index (χ0v) is 26.3. The quantitative estimate of drug-likeness (QED) is 0.0880. The molecule has 0 amide bonds. The van der Waals surface area contributed by atoms with Gasteiger partial charge in [0.1, 0.15) is 49.2 Å². The summed E-state index contributed by atoms with van der Waals surface area (Å²) in [6.07, 6.45) is 0. The first-order valence-corrected chi connectivity index (χ1v) is 15.7. The minimum Gasteiger partial charge on any atom is -0.488 e. The zero-order chi connectivity index (χ0) is 33.0. The Labute approximate surface area is 280 Å². The number of carbonyl (C=O) groups excluding carboxylic acids is 2. The molecule has 0 heterocycles. The molecule has 238 valence electrons. The third-order valence-corrected chi connectivity index (χ3v) is 7.61. The molecule has 0 bridgehead atoms. The third-order valence-electron chi connectivity index (χ3n) is 7.61. The summed E-state index contributed by atoms with van der Waals surface area (Å²) < 4.78 is 24.5. The zero-order valence-electron chi connectivity index (χ0n) is 26.3. The maximum absolute atomic E-state index is 14.9. The van der Waals surface area contributed by atoms with Gasteiger partial charge in [0, 0.05) is 0 Å². The van der Waals surface area contributed by atoms with Gasteiger partial charge in [-0.25, -0.2) is 4.79 Å². The molecular weight excluding hydrogens is 600 g/mol. The minimum atomic E-state index is -0.651. The standard InChI is InChI=1S/C42H34O6/c43-41(40-37(46-28-32-17-7-2-8-18-32)25-14-26-38(40)47-29-33-19-9-3-10-20-33)39-35(42(44)48-30-34-21-11-4-12-22-34)23-13-24-36(39)45-27-31-15-5-1-6-16-31/h1-26H,27-30H2. The summed E-state index contributed by atoms with van der Waals surface area (Å²) >= 11 is 0. The van der Waals surface area contributed by atoms with E-state index in [1.54, 1.807) is 36.4 Å². The second-order valence-corrected chi connectivity index (χ2v) is 11.0. The summed E-state index contributed by atoms with van der Waals surface area (Å²) in [6.45, 7) is 0.681. The molecule has 0 atom stereocenters. The van der Waals surface area contributed by atoms with E-state index in [0.29, 0.717) is 11.5 Å². The van der Waals surface area contributed by atoms with Crippen LogP contribution in [0.1, 0.15) is 48.5 Å². The average molecular weight is 635 g/mol. The molecule has 0 unspecified atom stereocenters. The van der Waals surface area contributed by atoms with E-state index in [1.807, 2.05) is 121 Å². The van der Waals surface area contributed by atoms with Crippen LogP contribution >= 0.6 is 0 Å². The maximum atomic E-state index is 14.9. The van der Waals surface area contributed by atoms with Crippen molar-refractivity contribution in [1.29, 1.82) is 0 Å². The number of rotatable bonds is 14. The van der Waals surface area contributed by atoms with Crippen molar-refractivity contribution in [3.8, 4) is 17.2 Å². The van der Waals surface area contributed by atoms with Crippen LogP contribution < -0.4 is 14.2 Å². The highest BCUT2D eigenvalue weighted by atomic mass is 16.5. The van der Waals surface area contributed by atoms with Crippen molar-refractivity contribution in [3.05, 3.63) is 197 Å². The van der Waals surface area contributed by atoms with Gasteiger partial charge in [-0.3, -0.25) is 4.79 Å². The molecule has 0 aliphatic heterocycles. The molecule has 0 radical (unpaired) electrons. The Bertz CT molecular complexity index is 1880. The summed E-state index contributed by atoms with van der Waals surface area (Å²) in [5.41, 5.74) is 3.92. The molecular formula is C42H34O6. The third kappa shape index (κ3) is 8.17. The van der Waals surface area contributed by atoms with Gasteiger partial charge in [-0.2, -0.15) is 0 Å². The predicted octanol–water partition coefficient (Wildman–Crippen LogP) is 9.01. The van der Waals surface area contributed by atoms with E-state index in [4.69, 9.17) is 18.9 Å². The van der Waals surface area contributed by atoms with Crippen LogP contribution in [0.4, 0.5) is 0 Å². The van der Waals surface area contributed by atoms with Gasteiger partial charge in [0.2, 0.25) is 5.78 Å². The number of hydrogen-bond donors (Lipinski definition) is 0. The van der Waals surface area contributed by atoms with Crippen molar-refractivity contribution in [2.24, 2.45) is 0 Å². The summed E-state index contributed by atoms with van der Waals surface area (Å²) in [4.78, 5) is 28.6. The Morgan fingerprint density at radius 3 is 1.15 bits per heavy atom. The number of esters is 1. The molecule has 0 saturated heterocycles. The molecule has 6 nitrogen and oxygen atoms in total. The fraction of sp³-hybridized carbons (Fsp3) is 0.0952. The lowest BCUT2D eigenvalue weighted by Crippen LogP contribution is -2.16. The Balaban J connectivity index is 1.40. The van der Waals surface area contributed by atoms with Crippen molar-refractivity contribution in [1.82, 2.24) is 0 Å². The minimum absolute atomic E-state index is 0.0462. The SMILES string of the molecule is O=C(OCc1ccccc1)c1cccc(OCc2ccccc2)c1C(=O)c1c(OCc2ccccc2)cccc1OCc1ccccc1. The number of ether oxygens (including phenoxy) is 4. The highest BCUT2D eigenvalue weighted by Crippen LogP contribution is 2.36. The second-order valence-electron chi connectivity index (χ2n) is 11.0. The van der Waals surface area contributed by atoms with Gasteiger partial charge < -0.3 is 18.9 Å². The van der Waals surface area contributed by atoms with Crippen molar-refractivity contribution < 1.29 is 28.5 Å². The van der Waals surface area contributed by atoms with Gasteiger partial charge in [0.25, 0.3) is 0 Å². The fourth-order valence-corrected chi connectivity index (χ4v) is 5.16. The van der Waals surface area contributed by atoms with Crippen LogP contribution in [-0.4, -0.2) is 11.8 Å². The maximum Gasteiger partial charge on any atom is 0.339 e. The molecule has 6 heteroatoms. The van der Waals surface area contributed by atoms with Gasteiger partial charge >= 0.3 is 5.97 Å². The van der Waals surface area contributed by atoms with Gasteiger partial charge in [-0.05, 0) is 46.5 Å². The molecule has 0 fully saturated rings. The number of ketones is 1. The van der Waals surface area contributed by atoms with E-state index in [1.165, 1.54) is 0 Å². The molecule has 6 rings (SSSR count). The summed E-state index contributed by atoms with van der Waals surface area (Å²) in [5.74, 6) is -0.268. The number of benzene rings is 6. The van der Waals surface area contributed by atoms with Gasteiger partial charge in [0.15, 0.2) is 0 Å². The lowest BCUT2D eigenvalue weighted by molar-refractivity contribution is 0.0469. The van der Waals surface area contributed by atoms with Crippen molar-refractivity contribution in [2.75, 3.05) is 0 Å². The smallest absolute Gasteiger partial charge is 0.339 e. The second kappa shape index (κ2) is 15.9. The van der Waals surface area contributed by atoms with Crippen LogP contribution in [0.15, 0.2) is 158 Å². The molecule has 48 heavy (non-hydrogen) atoms. The number of hydrogen-bond acceptors (Lipinski definition) is 6. The van der Waals surface area contributed by atoms with Crippen LogP contribution in [0.3, 0.4) is 0 Å². The predicted molar refractivity (Wildman–Crippen MR) is 184 cm³/mol.